The lowest BCUT2D eigenvalue weighted by molar-refractivity contribution is 1.30. The lowest BCUT2D eigenvalue weighted by atomic mass is 9.89. The number of benzene rings is 9. The Bertz CT molecular complexity index is 3080. The van der Waals surface area contributed by atoms with E-state index in [9.17, 15) is 0 Å². The highest BCUT2D eigenvalue weighted by atomic mass is 32.1. The molecule has 0 radical (unpaired) electrons. The van der Waals surface area contributed by atoms with Gasteiger partial charge < -0.3 is 4.90 Å². The Morgan fingerprint density at radius 3 is 1.55 bits per heavy atom. The van der Waals surface area contributed by atoms with Crippen LogP contribution in [0.4, 0.5) is 17.1 Å². The maximum absolute atomic E-state index is 2.49. The Morgan fingerprint density at radius 2 is 0.849 bits per heavy atom. The van der Waals surface area contributed by atoms with Gasteiger partial charge in [-0.15, -0.1) is 22.7 Å². The monoisotopic (exact) mass is 709 g/mol. The molecule has 0 aliphatic heterocycles. The van der Waals surface area contributed by atoms with Gasteiger partial charge in [0.25, 0.3) is 0 Å². The number of hydrogen-bond donors (Lipinski definition) is 0. The summed E-state index contributed by atoms with van der Waals surface area (Å²) in [5.41, 5.74) is 8.27. The lowest BCUT2D eigenvalue weighted by Crippen LogP contribution is -2.11. The van der Waals surface area contributed by atoms with Crippen LogP contribution in [0.25, 0.3) is 84.1 Å². The van der Waals surface area contributed by atoms with E-state index in [0.717, 1.165) is 17.1 Å². The van der Waals surface area contributed by atoms with Gasteiger partial charge in [0.1, 0.15) is 0 Å². The first-order valence-corrected chi connectivity index (χ1v) is 19.6. The van der Waals surface area contributed by atoms with Crippen molar-refractivity contribution in [2.45, 2.75) is 0 Å². The first-order chi connectivity index (χ1) is 26.3. The molecule has 1 nitrogen and oxygen atoms in total. The zero-order valence-electron chi connectivity index (χ0n) is 28.7. The van der Waals surface area contributed by atoms with Gasteiger partial charge in [-0.25, -0.2) is 0 Å². The van der Waals surface area contributed by atoms with Crippen molar-refractivity contribution in [2.75, 3.05) is 4.90 Å². The van der Waals surface area contributed by atoms with Gasteiger partial charge in [0, 0.05) is 57.3 Å². The molecular weight excluding hydrogens is 679 g/mol. The van der Waals surface area contributed by atoms with E-state index in [1.807, 2.05) is 22.7 Å². The molecule has 0 unspecified atom stereocenters. The van der Waals surface area contributed by atoms with Gasteiger partial charge in [-0.3, -0.25) is 0 Å². The summed E-state index contributed by atoms with van der Waals surface area (Å²) in [4.78, 5) is 2.49. The predicted octanol–water partition coefficient (Wildman–Crippen LogP) is 15.5. The van der Waals surface area contributed by atoms with E-state index in [0.29, 0.717) is 0 Å². The van der Waals surface area contributed by atoms with E-state index in [1.54, 1.807) is 0 Å². The quantitative estimate of drug-likeness (QED) is 0.172. The molecule has 0 bridgehead atoms. The summed E-state index contributed by atoms with van der Waals surface area (Å²) in [6.07, 6.45) is 0. The van der Waals surface area contributed by atoms with Gasteiger partial charge >= 0.3 is 0 Å². The lowest BCUT2D eigenvalue weighted by Gasteiger charge is -2.29. The first-order valence-electron chi connectivity index (χ1n) is 18.0. The van der Waals surface area contributed by atoms with Crippen LogP contribution in [-0.4, -0.2) is 0 Å². The van der Waals surface area contributed by atoms with Crippen molar-refractivity contribution in [3.8, 4) is 22.3 Å². The minimum Gasteiger partial charge on any atom is -0.310 e. The van der Waals surface area contributed by atoms with Gasteiger partial charge in [0.05, 0.1) is 5.69 Å². The fraction of sp³-hybridized carbons (Fsp3) is 0. The summed E-state index contributed by atoms with van der Waals surface area (Å²) < 4.78 is 5.20. The van der Waals surface area contributed by atoms with Gasteiger partial charge in [-0.2, -0.15) is 0 Å². The molecular formula is C50H31NS2. The number of anilines is 3. The van der Waals surface area contributed by atoms with Crippen molar-refractivity contribution in [3.63, 3.8) is 0 Å². The molecule has 3 heteroatoms. The second-order valence-electron chi connectivity index (χ2n) is 13.7. The van der Waals surface area contributed by atoms with Gasteiger partial charge in [-0.05, 0) is 86.8 Å². The van der Waals surface area contributed by atoms with Gasteiger partial charge in [-0.1, -0.05) is 140 Å². The molecule has 0 aliphatic rings. The topological polar surface area (TPSA) is 3.24 Å². The Hall–Kier alpha value is -6.26. The maximum Gasteiger partial charge on any atom is 0.0546 e. The molecule has 9 aromatic carbocycles. The Morgan fingerprint density at radius 1 is 0.321 bits per heavy atom. The number of hydrogen-bond acceptors (Lipinski definition) is 3. The summed E-state index contributed by atoms with van der Waals surface area (Å²) in [5, 5.41) is 10.2. The number of thiophene rings is 2. The van der Waals surface area contributed by atoms with Crippen molar-refractivity contribution in [1.82, 2.24) is 0 Å². The zero-order chi connectivity index (χ0) is 34.9. The molecule has 11 rings (SSSR count). The number of nitrogens with zero attached hydrogens (tertiary/aromatic N) is 1. The Balaban J connectivity index is 1.23. The molecule has 2 aromatic heterocycles. The molecule has 53 heavy (non-hydrogen) atoms. The fourth-order valence-electron chi connectivity index (χ4n) is 8.19. The van der Waals surface area contributed by atoms with Crippen LogP contribution in [0.3, 0.4) is 0 Å². The second-order valence-corrected chi connectivity index (χ2v) is 15.8. The van der Waals surface area contributed by atoms with Crippen LogP contribution in [-0.2, 0) is 0 Å². The highest BCUT2D eigenvalue weighted by Crippen LogP contribution is 2.49. The van der Waals surface area contributed by atoms with E-state index in [4.69, 9.17) is 0 Å². The zero-order valence-corrected chi connectivity index (χ0v) is 30.3. The molecule has 2 heterocycles. The third-order valence-corrected chi connectivity index (χ3v) is 12.9. The van der Waals surface area contributed by atoms with Crippen molar-refractivity contribution in [1.29, 1.82) is 0 Å². The SMILES string of the molecule is c1cc(-c2cccc3ccccc23)c(-c2ccc3ccccc3c2)c(N(c2ccc3c(c2)sc2ccccc23)c2ccc3c(c2)sc2ccccc23)c1. The summed E-state index contributed by atoms with van der Waals surface area (Å²) in [6.45, 7) is 0. The van der Waals surface area contributed by atoms with Crippen LogP contribution in [0.15, 0.2) is 188 Å². The molecule has 0 fully saturated rings. The smallest absolute Gasteiger partial charge is 0.0546 e. The summed E-state index contributed by atoms with van der Waals surface area (Å²) in [6, 6.07) is 69.5. The summed E-state index contributed by atoms with van der Waals surface area (Å²) in [5.74, 6) is 0. The third-order valence-electron chi connectivity index (χ3n) is 10.6. The van der Waals surface area contributed by atoms with E-state index in [1.165, 1.54) is 84.1 Å². The normalized spacial score (nSPS) is 11.8. The largest absolute Gasteiger partial charge is 0.310 e. The van der Waals surface area contributed by atoms with E-state index in [-0.39, 0.29) is 0 Å². The molecule has 0 amide bonds. The first kappa shape index (κ1) is 30.4. The minimum atomic E-state index is 1.14. The van der Waals surface area contributed by atoms with Crippen LogP contribution in [0.1, 0.15) is 0 Å². The van der Waals surface area contributed by atoms with E-state index in [2.05, 4.69) is 193 Å². The van der Waals surface area contributed by atoms with Crippen LogP contribution in [0.2, 0.25) is 0 Å². The second kappa shape index (κ2) is 12.2. The van der Waals surface area contributed by atoms with Crippen molar-refractivity contribution in [2.24, 2.45) is 0 Å². The average molecular weight is 710 g/mol. The van der Waals surface area contributed by atoms with E-state index < -0.39 is 0 Å². The molecule has 0 N–H and O–H groups in total. The molecule has 11 aromatic rings. The average Bonchev–Trinajstić information content (AvgIpc) is 3.78. The van der Waals surface area contributed by atoms with E-state index >= 15 is 0 Å². The molecule has 0 atom stereocenters. The van der Waals surface area contributed by atoms with Gasteiger partial charge in [0.15, 0.2) is 0 Å². The Labute approximate surface area is 315 Å². The van der Waals surface area contributed by atoms with Crippen LogP contribution < -0.4 is 4.90 Å². The molecule has 0 saturated heterocycles. The Kier molecular flexibility index (Phi) is 6.97. The predicted molar refractivity (Wildman–Crippen MR) is 233 cm³/mol. The molecule has 0 saturated carbocycles. The van der Waals surface area contributed by atoms with Crippen molar-refractivity contribution >= 4 is 102 Å². The van der Waals surface area contributed by atoms with Crippen LogP contribution in [0, 0.1) is 0 Å². The maximum atomic E-state index is 2.49. The molecule has 248 valence electrons. The third kappa shape index (κ3) is 4.97. The summed E-state index contributed by atoms with van der Waals surface area (Å²) in [7, 11) is 0. The fourth-order valence-corrected chi connectivity index (χ4v) is 10.5. The minimum absolute atomic E-state index is 1.14. The highest BCUT2D eigenvalue weighted by molar-refractivity contribution is 7.26. The number of rotatable bonds is 5. The highest BCUT2D eigenvalue weighted by Gasteiger charge is 2.23. The van der Waals surface area contributed by atoms with Crippen molar-refractivity contribution in [3.05, 3.63) is 188 Å². The summed E-state index contributed by atoms with van der Waals surface area (Å²) >= 11 is 3.74. The standard InChI is InChI=1S/C50H31NS2/c1-2-13-34-29-35(24-23-32(34)11-1)50-44(39-18-9-14-33-12-3-4-15-38(33)39)19-10-20-45(50)51(36-25-27-42-40-16-5-7-21-46(40)52-48(42)30-36)37-26-28-43-41-17-6-8-22-47(41)53-49(43)31-37/h1-31H. The van der Waals surface area contributed by atoms with Crippen LogP contribution >= 0.6 is 22.7 Å². The molecule has 0 aliphatic carbocycles. The number of fused-ring (bicyclic) bond motifs is 8. The van der Waals surface area contributed by atoms with Crippen LogP contribution in [0.5, 0.6) is 0 Å². The molecule has 0 spiro atoms. The van der Waals surface area contributed by atoms with Crippen molar-refractivity contribution < 1.29 is 0 Å². The van der Waals surface area contributed by atoms with Gasteiger partial charge in [0.2, 0.25) is 0 Å².